The van der Waals surface area contributed by atoms with Crippen LogP contribution in [0.25, 0.3) is 0 Å². The molecule has 0 saturated heterocycles. The Morgan fingerprint density at radius 2 is 2.20 bits per heavy atom. The fraction of sp³-hybridized carbons (Fsp3) is 0.688. The van der Waals surface area contributed by atoms with Gasteiger partial charge >= 0.3 is 0 Å². The average Bonchev–Trinajstić information content (AvgIpc) is 2.89. The van der Waals surface area contributed by atoms with Crippen molar-refractivity contribution in [3.63, 3.8) is 0 Å². The Morgan fingerprint density at radius 3 is 2.80 bits per heavy atom. The van der Waals surface area contributed by atoms with Gasteiger partial charge in [0.25, 0.3) is 0 Å². The van der Waals surface area contributed by atoms with Gasteiger partial charge < -0.3 is 0 Å². The van der Waals surface area contributed by atoms with Crippen molar-refractivity contribution in [1.29, 1.82) is 0 Å². The van der Waals surface area contributed by atoms with E-state index in [-0.39, 0.29) is 0 Å². The smallest absolute Gasteiger partial charge is 0.0624 e. The van der Waals surface area contributed by atoms with E-state index in [9.17, 15) is 0 Å². The summed E-state index contributed by atoms with van der Waals surface area (Å²) in [5, 5.41) is 4.61. The summed E-state index contributed by atoms with van der Waals surface area (Å²) in [5.74, 6) is 5.76. The van der Waals surface area contributed by atoms with E-state index in [2.05, 4.69) is 41.2 Å². The molecule has 1 aliphatic rings. The number of hydrogen-bond donors (Lipinski definition) is 2. The van der Waals surface area contributed by atoms with Gasteiger partial charge in [0.15, 0.2) is 0 Å². The summed E-state index contributed by atoms with van der Waals surface area (Å²) in [5.41, 5.74) is 7.03. The summed E-state index contributed by atoms with van der Waals surface area (Å²) >= 11 is 0. The minimum absolute atomic E-state index is 0.311. The summed E-state index contributed by atoms with van der Waals surface area (Å²) in [6.07, 6.45) is 10.6. The molecule has 20 heavy (non-hydrogen) atoms. The quantitative estimate of drug-likeness (QED) is 0.457. The van der Waals surface area contributed by atoms with Crippen molar-refractivity contribution in [3.05, 3.63) is 29.1 Å². The number of hydrogen-bond acceptors (Lipinski definition) is 3. The van der Waals surface area contributed by atoms with E-state index < -0.39 is 0 Å². The van der Waals surface area contributed by atoms with Gasteiger partial charge in [-0.1, -0.05) is 18.6 Å². The Hall–Kier alpha value is -1.13. The van der Waals surface area contributed by atoms with Crippen LogP contribution in [0, 0.1) is 0 Å². The molecule has 1 heterocycles. The molecule has 4 heteroatoms. The van der Waals surface area contributed by atoms with E-state index in [1.165, 1.54) is 37.1 Å². The lowest BCUT2D eigenvalue weighted by molar-refractivity contribution is 0.483. The minimum atomic E-state index is 0.311. The van der Waals surface area contributed by atoms with Gasteiger partial charge in [-0.25, -0.2) is 0 Å². The molecule has 0 bridgehead atoms. The number of hydrazine groups is 1. The molecule has 0 aromatic carbocycles. The average molecular weight is 276 g/mol. The molecule has 0 radical (unpaired) electrons. The summed E-state index contributed by atoms with van der Waals surface area (Å²) in [6, 6.07) is 2.54. The van der Waals surface area contributed by atoms with E-state index >= 15 is 0 Å². The molecular formula is C16H28N4. The Labute approximate surface area is 122 Å². The van der Waals surface area contributed by atoms with Crippen LogP contribution in [0.1, 0.15) is 57.3 Å². The zero-order valence-corrected chi connectivity index (χ0v) is 12.9. The normalized spacial score (nSPS) is 17.1. The topological polar surface area (TPSA) is 55.9 Å². The van der Waals surface area contributed by atoms with Crippen LogP contribution in [0.3, 0.4) is 0 Å². The molecule has 2 rings (SSSR count). The maximum Gasteiger partial charge on any atom is 0.0624 e. The van der Waals surface area contributed by atoms with Crippen LogP contribution in [-0.4, -0.2) is 15.8 Å². The van der Waals surface area contributed by atoms with Gasteiger partial charge in [0.1, 0.15) is 0 Å². The van der Waals surface area contributed by atoms with Crippen molar-refractivity contribution in [1.82, 2.24) is 15.2 Å². The van der Waals surface area contributed by atoms with Crippen LogP contribution in [0.4, 0.5) is 0 Å². The molecule has 1 aromatic heterocycles. The highest BCUT2D eigenvalue weighted by Crippen LogP contribution is 2.22. The van der Waals surface area contributed by atoms with Crippen LogP contribution in [0.5, 0.6) is 0 Å². The molecule has 112 valence electrons. The molecule has 1 aromatic rings. The van der Waals surface area contributed by atoms with Crippen LogP contribution >= 0.6 is 0 Å². The third kappa shape index (κ3) is 3.93. The number of aryl methyl sites for hydroxylation is 2. The monoisotopic (exact) mass is 276 g/mol. The highest BCUT2D eigenvalue weighted by Gasteiger charge is 2.15. The summed E-state index contributed by atoms with van der Waals surface area (Å²) in [4.78, 5) is 0. The molecule has 0 fully saturated rings. The van der Waals surface area contributed by atoms with Crippen LogP contribution in [0.15, 0.2) is 17.7 Å². The highest BCUT2D eigenvalue weighted by atomic mass is 15.3. The van der Waals surface area contributed by atoms with Crippen LogP contribution in [-0.2, 0) is 19.4 Å². The number of nitrogens with two attached hydrogens (primary N) is 1. The lowest BCUT2D eigenvalue weighted by Crippen LogP contribution is -2.37. The SMILES string of the molecule is CCc1cc(CC(CC2=CCCCC2)NN)n(CC)n1. The predicted molar refractivity (Wildman–Crippen MR) is 83.3 cm³/mol. The first kappa shape index (κ1) is 15.3. The number of nitrogens with zero attached hydrogens (tertiary/aromatic N) is 2. The van der Waals surface area contributed by atoms with Crippen molar-refractivity contribution in [3.8, 4) is 0 Å². The molecule has 4 nitrogen and oxygen atoms in total. The maximum atomic E-state index is 5.76. The fourth-order valence-corrected chi connectivity index (χ4v) is 2.97. The molecule has 0 spiro atoms. The van der Waals surface area contributed by atoms with E-state index in [0.717, 1.165) is 25.8 Å². The Morgan fingerprint density at radius 1 is 1.35 bits per heavy atom. The molecule has 1 atom stereocenters. The Balaban J connectivity index is 2.01. The predicted octanol–water partition coefficient (Wildman–Crippen LogP) is 2.73. The van der Waals surface area contributed by atoms with Gasteiger partial charge in [-0.3, -0.25) is 16.0 Å². The number of aromatic nitrogens is 2. The fourth-order valence-electron chi connectivity index (χ4n) is 2.97. The molecule has 1 unspecified atom stereocenters. The minimum Gasteiger partial charge on any atom is -0.271 e. The summed E-state index contributed by atoms with van der Waals surface area (Å²) < 4.78 is 2.11. The second-order valence-electron chi connectivity index (χ2n) is 5.68. The van der Waals surface area contributed by atoms with E-state index in [0.29, 0.717) is 6.04 Å². The van der Waals surface area contributed by atoms with Crippen LogP contribution in [0.2, 0.25) is 0 Å². The van der Waals surface area contributed by atoms with Crippen molar-refractivity contribution in [2.24, 2.45) is 5.84 Å². The summed E-state index contributed by atoms with van der Waals surface area (Å²) in [6.45, 7) is 5.22. The van der Waals surface area contributed by atoms with Crippen molar-refractivity contribution >= 4 is 0 Å². The second-order valence-corrected chi connectivity index (χ2v) is 5.68. The molecular weight excluding hydrogens is 248 g/mol. The van der Waals surface area contributed by atoms with Crippen molar-refractivity contribution < 1.29 is 0 Å². The first-order chi connectivity index (χ1) is 9.76. The summed E-state index contributed by atoms with van der Waals surface area (Å²) in [7, 11) is 0. The van der Waals surface area contributed by atoms with Crippen molar-refractivity contribution in [2.45, 2.75) is 71.4 Å². The lowest BCUT2D eigenvalue weighted by atomic mass is 9.93. The van der Waals surface area contributed by atoms with Gasteiger partial charge in [-0.2, -0.15) is 5.10 Å². The number of rotatable bonds is 7. The third-order valence-electron chi connectivity index (χ3n) is 4.16. The maximum absolute atomic E-state index is 5.76. The van der Waals surface area contributed by atoms with Crippen LogP contribution < -0.4 is 11.3 Å². The standard InChI is InChI=1S/C16H28N4/c1-3-14-11-16(20(4-2)19-14)12-15(18-17)10-13-8-6-5-7-9-13/h8,11,15,18H,3-7,9-10,12,17H2,1-2H3. The van der Waals surface area contributed by atoms with Gasteiger partial charge in [-0.15, -0.1) is 0 Å². The van der Waals surface area contributed by atoms with E-state index in [4.69, 9.17) is 5.84 Å². The first-order valence-electron chi connectivity index (χ1n) is 7.96. The third-order valence-corrected chi connectivity index (χ3v) is 4.16. The Kier molecular flexibility index (Phi) is 5.80. The number of allylic oxidation sites excluding steroid dienone is 1. The first-order valence-corrected chi connectivity index (χ1v) is 7.96. The lowest BCUT2D eigenvalue weighted by Gasteiger charge is -2.20. The van der Waals surface area contributed by atoms with E-state index in [1.54, 1.807) is 5.57 Å². The van der Waals surface area contributed by atoms with E-state index in [1.807, 2.05) is 0 Å². The molecule has 1 aliphatic carbocycles. The molecule has 0 amide bonds. The largest absolute Gasteiger partial charge is 0.271 e. The molecule has 0 aliphatic heterocycles. The van der Waals surface area contributed by atoms with Crippen molar-refractivity contribution in [2.75, 3.05) is 0 Å². The second kappa shape index (κ2) is 7.60. The zero-order chi connectivity index (χ0) is 14.4. The highest BCUT2D eigenvalue weighted by molar-refractivity contribution is 5.14. The molecule has 3 N–H and O–H groups in total. The molecule has 0 saturated carbocycles. The Bertz CT molecular complexity index is 447. The van der Waals surface area contributed by atoms with Gasteiger partial charge in [0.05, 0.1) is 5.69 Å². The van der Waals surface area contributed by atoms with Gasteiger partial charge in [0, 0.05) is 24.7 Å². The van der Waals surface area contributed by atoms with Gasteiger partial charge in [-0.05, 0) is 51.5 Å². The zero-order valence-electron chi connectivity index (χ0n) is 12.9. The number of nitrogens with one attached hydrogen (secondary N) is 1. The van der Waals surface area contributed by atoms with Gasteiger partial charge in [0.2, 0.25) is 0 Å².